The lowest BCUT2D eigenvalue weighted by atomic mass is 10.1. The number of amides is 1. The van der Waals surface area contributed by atoms with Gasteiger partial charge in [-0.05, 0) is 26.0 Å². The first-order valence-corrected chi connectivity index (χ1v) is 5.04. The van der Waals surface area contributed by atoms with E-state index in [-0.39, 0.29) is 5.56 Å². The summed E-state index contributed by atoms with van der Waals surface area (Å²) in [7, 11) is 1.56. The van der Waals surface area contributed by atoms with Gasteiger partial charge in [-0.1, -0.05) is 12.1 Å². The number of ether oxygens (including phenoxy) is 1. The van der Waals surface area contributed by atoms with E-state index in [0.29, 0.717) is 6.54 Å². The van der Waals surface area contributed by atoms with Crippen LogP contribution in [0.5, 0.6) is 0 Å². The lowest BCUT2D eigenvalue weighted by molar-refractivity contribution is 0.0228. The second kappa shape index (κ2) is 5.07. The molecule has 1 amide bonds. The molecule has 0 unspecified atom stereocenters. The molecule has 0 aliphatic heterocycles. The second-order valence-corrected chi connectivity index (χ2v) is 4.13. The van der Waals surface area contributed by atoms with Gasteiger partial charge in [0.15, 0.2) is 0 Å². The summed E-state index contributed by atoms with van der Waals surface area (Å²) in [5.41, 5.74) is -0.407. The normalized spacial score (nSPS) is 11.2. The summed E-state index contributed by atoms with van der Waals surface area (Å²) < 4.78 is 18.4. The van der Waals surface area contributed by atoms with E-state index in [9.17, 15) is 9.18 Å². The maximum absolute atomic E-state index is 13.2. The zero-order chi connectivity index (χ0) is 12.2. The van der Waals surface area contributed by atoms with Gasteiger partial charge in [0.1, 0.15) is 5.82 Å². The van der Waals surface area contributed by atoms with Crippen LogP contribution in [-0.4, -0.2) is 25.2 Å². The van der Waals surface area contributed by atoms with Gasteiger partial charge in [0, 0.05) is 13.7 Å². The molecule has 0 aromatic heterocycles. The Kier molecular flexibility index (Phi) is 4.01. The highest BCUT2D eigenvalue weighted by Gasteiger charge is 2.18. The average Bonchev–Trinajstić information content (AvgIpc) is 2.27. The summed E-state index contributed by atoms with van der Waals surface area (Å²) in [6.07, 6.45) is 0. The van der Waals surface area contributed by atoms with Crippen molar-refractivity contribution in [3.8, 4) is 0 Å². The molecule has 0 fully saturated rings. The van der Waals surface area contributed by atoms with Gasteiger partial charge in [-0.15, -0.1) is 0 Å². The van der Waals surface area contributed by atoms with Gasteiger partial charge in [-0.3, -0.25) is 4.79 Å². The van der Waals surface area contributed by atoms with Crippen LogP contribution in [0, 0.1) is 5.82 Å². The molecule has 0 aliphatic rings. The molecule has 0 heterocycles. The molecule has 0 aliphatic carbocycles. The smallest absolute Gasteiger partial charge is 0.254 e. The van der Waals surface area contributed by atoms with E-state index in [2.05, 4.69) is 5.32 Å². The Morgan fingerprint density at radius 3 is 2.62 bits per heavy atom. The van der Waals surface area contributed by atoms with Crippen LogP contribution in [0.1, 0.15) is 24.2 Å². The molecule has 1 aromatic rings. The predicted molar refractivity (Wildman–Crippen MR) is 59.8 cm³/mol. The van der Waals surface area contributed by atoms with Crippen molar-refractivity contribution in [3.63, 3.8) is 0 Å². The summed E-state index contributed by atoms with van der Waals surface area (Å²) >= 11 is 0. The van der Waals surface area contributed by atoms with E-state index < -0.39 is 17.3 Å². The van der Waals surface area contributed by atoms with Crippen LogP contribution < -0.4 is 5.32 Å². The molecule has 88 valence electrons. The standard InChI is InChI=1S/C12H16FNO2/c1-12(2,16-3)8-14-11(15)9-6-4-5-7-10(9)13/h4-7H,8H2,1-3H3,(H,14,15). The predicted octanol–water partition coefficient (Wildman–Crippen LogP) is 1.98. The van der Waals surface area contributed by atoms with Crippen LogP contribution >= 0.6 is 0 Å². The maximum Gasteiger partial charge on any atom is 0.254 e. The number of rotatable bonds is 4. The molecule has 1 rings (SSSR count). The SMILES string of the molecule is COC(C)(C)CNC(=O)c1ccccc1F. The highest BCUT2D eigenvalue weighted by molar-refractivity contribution is 5.94. The van der Waals surface area contributed by atoms with Crippen molar-refractivity contribution in [2.45, 2.75) is 19.4 Å². The molecule has 0 spiro atoms. The fourth-order valence-corrected chi connectivity index (χ4v) is 1.11. The van der Waals surface area contributed by atoms with Crippen molar-refractivity contribution in [3.05, 3.63) is 35.6 Å². The van der Waals surface area contributed by atoms with Gasteiger partial charge in [0.2, 0.25) is 0 Å². The minimum Gasteiger partial charge on any atom is -0.377 e. The third-order valence-corrected chi connectivity index (χ3v) is 2.35. The molecular weight excluding hydrogens is 209 g/mol. The number of methoxy groups -OCH3 is 1. The molecular formula is C12H16FNO2. The van der Waals surface area contributed by atoms with E-state index in [0.717, 1.165) is 0 Å². The van der Waals surface area contributed by atoms with Crippen molar-refractivity contribution >= 4 is 5.91 Å². The largest absolute Gasteiger partial charge is 0.377 e. The van der Waals surface area contributed by atoms with E-state index >= 15 is 0 Å². The van der Waals surface area contributed by atoms with Crippen LogP contribution in [0.2, 0.25) is 0 Å². The fraction of sp³-hybridized carbons (Fsp3) is 0.417. The van der Waals surface area contributed by atoms with E-state index in [1.807, 2.05) is 13.8 Å². The number of hydrogen-bond donors (Lipinski definition) is 1. The molecule has 3 nitrogen and oxygen atoms in total. The molecule has 0 radical (unpaired) electrons. The van der Waals surface area contributed by atoms with E-state index in [1.165, 1.54) is 12.1 Å². The molecule has 4 heteroatoms. The number of halogens is 1. The molecule has 0 bridgehead atoms. The number of nitrogens with one attached hydrogen (secondary N) is 1. The van der Waals surface area contributed by atoms with Crippen molar-refractivity contribution in [1.29, 1.82) is 0 Å². The number of benzene rings is 1. The number of hydrogen-bond acceptors (Lipinski definition) is 2. The quantitative estimate of drug-likeness (QED) is 0.851. The van der Waals surface area contributed by atoms with Gasteiger partial charge in [0.05, 0.1) is 11.2 Å². The van der Waals surface area contributed by atoms with Crippen LogP contribution in [-0.2, 0) is 4.74 Å². The Hall–Kier alpha value is -1.42. The minimum absolute atomic E-state index is 0.0504. The summed E-state index contributed by atoms with van der Waals surface area (Å²) in [5.74, 6) is -0.946. The zero-order valence-corrected chi connectivity index (χ0v) is 9.71. The van der Waals surface area contributed by atoms with Gasteiger partial charge in [0.25, 0.3) is 5.91 Å². The Morgan fingerprint density at radius 1 is 1.44 bits per heavy atom. The van der Waals surface area contributed by atoms with Crippen LogP contribution in [0.4, 0.5) is 4.39 Å². The van der Waals surface area contributed by atoms with Gasteiger partial charge in [-0.2, -0.15) is 0 Å². The molecule has 16 heavy (non-hydrogen) atoms. The van der Waals surface area contributed by atoms with Gasteiger partial charge < -0.3 is 10.1 Å². The van der Waals surface area contributed by atoms with Crippen molar-refractivity contribution in [1.82, 2.24) is 5.32 Å². The van der Waals surface area contributed by atoms with Gasteiger partial charge in [-0.25, -0.2) is 4.39 Å². The molecule has 1 aromatic carbocycles. The van der Waals surface area contributed by atoms with Crippen LogP contribution in [0.3, 0.4) is 0 Å². The number of carbonyl (C=O) groups excluding carboxylic acids is 1. The summed E-state index contributed by atoms with van der Waals surface area (Å²) in [5, 5.41) is 2.63. The summed E-state index contributed by atoms with van der Waals surface area (Å²) in [6.45, 7) is 4.01. The topological polar surface area (TPSA) is 38.3 Å². The minimum atomic E-state index is -0.518. The molecule has 0 saturated heterocycles. The maximum atomic E-state index is 13.2. The third kappa shape index (κ3) is 3.31. The first-order valence-electron chi connectivity index (χ1n) is 5.04. The highest BCUT2D eigenvalue weighted by atomic mass is 19.1. The molecule has 0 saturated carbocycles. The fourth-order valence-electron chi connectivity index (χ4n) is 1.11. The molecule has 0 atom stereocenters. The van der Waals surface area contributed by atoms with E-state index in [4.69, 9.17) is 4.74 Å². The average molecular weight is 225 g/mol. The Bertz CT molecular complexity index is 377. The third-order valence-electron chi connectivity index (χ3n) is 2.35. The van der Waals surface area contributed by atoms with Gasteiger partial charge >= 0.3 is 0 Å². The van der Waals surface area contributed by atoms with E-state index in [1.54, 1.807) is 19.2 Å². The highest BCUT2D eigenvalue weighted by Crippen LogP contribution is 2.08. The van der Waals surface area contributed by atoms with Crippen molar-refractivity contribution < 1.29 is 13.9 Å². The second-order valence-electron chi connectivity index (χ2n) is 4.13. The lowest BCUT2D eigenvalue weighted by Crippen LogP contribution is -2.39. The summed E-state index contributed by atoms with van der Waals surface area (Å²) in [4.78, 5) is 11.6. The summed E-state index contributed by atoms with van der Waals surface area (Å²) in [6, 6.07) is 5.88. The van der Waals surface area contributed by atoms with Crippen LogP contribution in [0.15, 0.2) is 24.3 Å². The Balaban J connectivity index is 2.64. The molecule has 1 N–H and O–H groups in total. The Morgan fingerprint density at radius 2 is 2.06 bits per heavy atom. The van der Waals surface area contributed by atoms with Crippen molar-refractivity contribution in [2.24, 2.45) is 0 Å². The lowest BCUT2D eigenvalue weighted by Gasteiger charge is -2.23. The zero-order valence-electron chi connectivity index (χ0n) is 9.71. The Labute approximate surface area is 94.6 Å². The van der Waals surface area contributed by atoms with Crippen LogP contribution in [0.25, 0.3) is 0 Å². The van der Waals surface area contributed by atoms with Crippen molar-refractivity contribution in [2.75, 3.05) is 13.7 Å². The monoisotopic (exact) mass is 225 g/mol. The first-order chi connectivity index (χ1) is 7.46. The number of carbonyl (C=O) groups is 1. The first kappa shape index (κ1) is 12.6.